The number of methoxy groups -OCH3 is 1. The maximum atomic E-state index is 13.7. The van der Waals surface area contributed by atoms with Crippen molar-refractivity contribution >= 4 is 16.9 Å². The van der Waals surface area contributed by atoms with E-state index < -0.39 is 11.2 Å². The number of fused-ring (bicyclic) bond motifs is 1. The molecule has 0 saturated carbocycles. The average molecular weight is 451 g/mol. The zero-order valence-corrected chi connectivity index (χ0v) is 19.6. The SMILES string of the molecule is CCC1CCCCN1C(=O)Cn1c(=O)c2c(C)cc(C)nc2n(-c2ccccc2OC)c1=O. The van der Waals surface area contributed by atoms with Crippen molar-refractivity contribution in [2.75, 3.05) is 13.7 Å². The van der Waals surface area contributed by atoms with Crippen LogP contribution in [0.4, 0.5) is 0 Å². The normalized spacial score (nSPS) is 16.2. The zero-order chi connectivity index (χ0) is 23.7. The number of nitrogens with zero attached hydrogens (tertiary/aromatic N) is 4. The molecule has 1 aromatic carbocycles. The van der Waals surface area contributed by atoms with Gasteiger partial charge >= 0.3 is 5.69 Å². The van der Waals surface area contributed by atoms with Gasteiger partial charge in [-0.05, 0) is 63.3 Å². The fourth-order valence-corrected chi connectivity index (χ4v) is 4.83. The van der Waals surface area contributed by atoms with Gasteiger partial charge in [0.15, 0.2) is 5.65 Å². The van der Waals surface area contributed by atoms with Crippen LogP contribution in [0.1, 0.15) is 43.9 Å². The van der Waals surface area contributed by atoms with E-state index in [1.54, 1.807) is 24.3 Å². The minimum atomic E-state index is -0.604. The van der Waals surface area contributed by atoms with Crippen molar-refractivity contribution in [2.24, 2.45) is 0 Å². The predicted octanol–water partition coefficient (Wildman–Crippen LogP) is 2.96. The number of likely N-dealkylation sites (tertiary alicyclic amines) is 1. The highest BCUT2D eigenvalue weighted by molar-refractivity contribution is 5.81. The molecule has 8 nitrogen and oxygen atoms in total. The van der Waals surface area contributed by atoms with Crippen LogP contribution in [-0.2, 0) is 11.3 Å². The van der Waals surface area contributed by atoms with E-state index in [2.05, 4.69) is 11.9 Å². The van der Waals surface area contributed by atoms with Gasteiger partial charge in [0, 0.05) is 18.3 Å². The fraction of sp³-hybridized carbons (Fsp3) is 0.440. The van der Waals surface area contributed by atoms with Crippen molar-refractivity contribution in [3.8, 4) is 11.4 Å². The predicted molar refractivity (Wildman–Crippen MR) is 127 cm³/mol. The Labute approximate surface area is 192 Å². The number of hydrogen-bond donors (Lipinski definition) is 0. The van der Waals surface area contributed by atoms with Crippen LogP contribution in [-0.4, -0.2) is 44.6 Å². The second kappa shape index (κ2) is 9.21. The smallest absolute Gasteiger partial charge is 0.337 e. The highest BCUT2D eigenvalue weighted by atomic mass is 16.5. The molecular weight excluding hydrogens is 420 g/mol. The van der Waals surface area contributed by atoms with Crippen molar-refractivity contribution in [1.82, 2.24) is 19.0 Å². The summed E-state index contributed by atoms with van der Waals surface area (Å²) >= 11 is 0. The van der Waals surface area contributed by atoms with Gasteiger partial charge < -0.3 is 9.64 Å². The van der Waals surface area contributed by atoms with Gasteiger partial charge in [-0.2, -0.15) is 0 Å². The Balaban J connectivity index is 1.96. The molecule has 1 fully saturated rings. The van der Waals surface area contributed by atoms with Crippen molar-refractivity contribution < 1.29 is 9.53 Å². The summed E-state index contributed by atoms with van der Waals surface area (Å²) in [4.78, 5) is 46.9. The van der Waals surface area contributed by atoms with Crippen molar-refractivity contribution in [3.05, 3.63) is 62.4 Å². The van der Waals surface area contributed by atoms with E-state index in [0.29, 0.717) is 34.6 Å². The molecule has 1 aliphatic rings. The zero-order valence-electron chi connectivity index (χ0n) is 19.6. The summed E-state index contributed by atoms with van der Waals surface area (Å²) in [5.74, 6) is 0.268. The number of ether oxygens (including phenoxy) is 1. The first-order valence-electron chi connectivity index (χ1n) is 11.4. The minimum absolute atomic E-state index is 0.143. The highest BCUT2D eigenvalue weighted by Crippen LogP contribution is 2.24. The molecular formula is C25H30N4O4. The summed E-state index contributed by atoms with van der Waals surface area (Å²) < 4.78 is 7.92. The second-order valence-corrected chi connectivity index (χ2v) is 8.61. The Bertz CT molecular complexity index is 1320. The number of para-hydroxylation sites is 2. The molecule has 174 valence electrons. The number of carbonyl (C=O) groups excluding carboxylic acids is 1. The Hall–Kier alpha value is -3.42. The molecule has 0 bridgehead atoms. The molecule has 1 saturated heterocycles. The van der Waals surface area contributed by atoms with Gasteiger partial charge in [-0.15, -0.1) is 0 Å². The monoisotopic (exact) mass is 450 g/mol. The van der Waals surface area contributed by atoms with E-state index in [4.69, 9.17) is 4.74 Å². The van der Waals surface area contributed by atoms with Crippen LogP contribution < -0.4 is 16.0 Å². The highest BCUT2D eigenvalue weighted by Gasteiger charge is 2.27. The standard InChI is InChI=1S/C25H30N4O4/c1-5-18-10-8-9-13-27(18)21(30)15-28-24(31)22-16(2)14-17(3)26-23(22)29(25(28)32)19-11-6-7-12-20(19)33-4/h6-7,11-12,14,18H,5,8-10,13,15H2,1-4H3. The van der Waals surface area contributed by atoms with E-state index in [0.717, 1.165) is 30.3 Å². The summed E-state index contributed by atoms with van der Waals surface area (Å²) in [7, 11) is 1.52. The Morgan fingerprint density at radius 2 is 1.94 bits per heavy atom. The quantitative estimate of drug-likeness (QED) is 0.597. The molecule has 2 aromatic heterocycles. The summed E-state index contributed by atoms with van der Waals surface area (Å²) in [6.45, 7) is 6.05. The summed E-state index contributed by atoms with van der Waals surface area (Å²) in [5.41, 5.74) is 1.03. The number of amides is 1. The third-order valence-corrected chi connectivity index (χ3v) is 6.46. The van der Waals surface area contributed by atoms with Gasteiger partial charge in [0.05, 0.1) is 18.2 Å². The number of rotatable bonds is 5. The van der Waals surface area contributed by atoms with Gasteiger partial charge in [0.1, 0.15) is 12.3 Å². The van der Waals surface area contributed by atoms with E-state index in [1.807, 2.05) is 24.8 Å². The molecule has 1 atom stereocenters. The van der Waals surface area contributed by atoms with E-state index in [-0.39, 0.29) is 24.1 Å². The van der Waals surface area contributed by atoms with Crippen molar-refractivity contribution in [2.45, 2.75) is 59.0 Å². The maximum absolute atomic E-state index is 13.7. The van der Waals surface area contributed by atoms with Crippen molar-refractivity contribution in [3.63, 3.8) is 0 Å². The summed E-state index contributed by atoms with van der Waals surface area (Å²) in [6, 6.07) is 9.04. The van der Waals surface area contributed by atoms with Crippen LogP contribution >= 0.6 is 0 Å². The molecule has 8 heteroatoms. The molecule has 1 aliphatic heterocycles. The molecule has 33 heavy (non-hydrogen) atoms. The first-order valence-corrected chi connectivity index (χ1v) is 11.4. The van der Waals surface area contributed by atoms with Gasteiger partial charge in [-0.1, -0.05) is 19.1 Å². The molecule has 0 radical (unpaired) electrons. The van der Waals surface area contributed by atoms with Crippen LogP contribution in [0.2, 0.25) is 0 Å². The Morgan fingerprint density at radius 3 is 2.67 bits per heavy atom. The molecule has 1 unspecified atom stereocenters. The lowest BCUT2D eigenvalue weighted by Gasteiger charge is -2.35. The number of aryl methyl sites for hydroxylation is 2. The third kappa shape index (κ3) is 4.05. The first kappa shape index (κ1) is 22.8. The van der Waals surface area contributed by atoms with Crippen LogP contribution in [0.5, 0.6) is 5.75 Å². The summed E-state index contributed by atoms with van der Waals surface area (Å²) in [6.07, 6.45) is 3.82. The molecule has 0 aliphatic carbocycles. The van der Waals surface area contributed by atoms with Crippen LogP contribution in [0.25, 0.3) is 16.7 Å². The van der Waals surface area contributed by atoms with Gasteiger partial charge in [-0.25, -0.2) is 18.9 Å². The van der Waals surface area contributed by atoms with Crippen LogP contribution in [0, 0.1) is 13.8 Å². The summed E-state index contributed by atoms with van der Waals surface area (Å²) in [5, 5.41) is 0.324. The van der Waals surface area contributed by atoms with Gasteiger partial charge in [0.25, 0.3) is 5.56 Å². The number of aromatic nitrogens is 3. The largest absolute Gasteiger partial charge is 0.495 e. The number of benzene rings is 1. The minimum Gasteiger partial charge on any atom is -0.495 e. The number of carbonyl (C=O) groups is 1. The molecule has 1 amide bonds. The number of hydrogen-bond acceptors (Lipinski definition) is 5. The molecule has 3 aromatic rings. The van der Waals surface area contributed by atoms with Gasteiger partial charge in [-0.3, -0.25) is 9.59 Å². The number of piperidine rings is 1. The lowest BCUT2D eigenvalue weighted by molar-refractivity contribution is -0.135. The average Bonchev–Trinajstić information content (AvgIpc) is 2.81. The topological polar surface area (TPSA) is 86.4 Å². The van der Waals surface area contributed by atoms with Crippen molar-refractivity contribution in [1.29, 1.82) is 0 Å². The fourth-order valence-electron chi connectivity index (χ4n) is 4.83. The lowest BCUT2D eigenvalue weighted by Crippen LogP contribution is -2.49. The van der Waals surface area contributed by atoms with Gasteiger partial charge in [0.2, 0.25) is 5.91 Å². The van der Waals surface area contributed by atoms with E-state index in [1.165, 1.54) is 11.7 Å². The van der Waals surface area contributed by atoms with Crippen LogP contribution in [0.3, 0.4) is 0 Å². The maximum Gasteiger partial charge on any atom is 0.337 e. The molecule has 0 N–H and O–H groups in total. The Morgan fingerprint density at radius 1 is 1.18 bits per heavy atom. The molecule has 0 spiro atoms. The lowest BCUT2D eigenvalue weighted by atomic mass is 10.00. The first-order chi connectivity index (χ1) is 15.9. The van der Waals surface area contributed by atoms with E-state index >= 15 is 0 Å². The molecule has 3 heterocycles. The van der Waals surface area contributed by atoms with Crippen LogP contribution in [0.15, 0.2) is 39.9 Å². The number of pyridine rings is 1. The second-order valence-electron chi connectivity index (χ2n) is 8.61. The Kier molecular flexibility index (Phi) is 6.35. The van der Waals surface area contributed by atoms with E-state index in [9.17, 15) is 14.4 Å². The molecule has 4 rings (SSSR count). The third-order valence-electron chi connectivity index (χ3n) is 6.46.